The molecule has 1 fully saturated rings. The number of anilines is 2. The van der Waals surface area contributed by atoms with E-state index in [9.17, 15) is 9.59 Å². The second kappa shape index (κ2) is 8.71. The number of hydrogen-bond acceptors (Lipinski definition) is 3. The number of para-hydroxylation sites is 1. The van der Waals surface area contributed by atoms with Gasteiger partial charge in [0.15, 0.2) is 0 Å². The zero-order valence-electron chi connectivity index (χ0n) is 15.9. The first-order valence-electron chi connectivity index (χ1n) is 9.55. The highest BCUT2D eigenvalue weighted by molar-refractivity contribution is 5.99. The Morgan fingerprint density at radius 2 is 1.89 bits per heavy atom. The Morgan fingerprint density at radius 3 is 2.56 bits per heavy atom. The lowest BCUT2D eigenvalue weighted by molar-refractivity contribution is -0.117. The predicted molar refractivity (Wildman–Crippen MR) is 109 cm³/mol. The first-order valence-corrected chi connectivity index (χ1v) is 9.55. The molecule has 0 spiro atoms. The number of hydrogen-bond donors (Lipinski definition) is 2. The molecular formula is C22H27N3O2. The molecule has 2 aromatic carbocycles. The molecule has 0 aliphatic carbocycles. The second-order valence-electron chi connectivity index (χ2n) is 7.27. The highest BCUT2D eigenvalue weighted by Crippen LogP contribution is 2.22. The zero-order chi connectivity index (χ0) is 19.2. The Labute approximate surface area is 160 Å². The molecular weight excluding hydrogens is 338 g/mol. The average molecular weight is 365 g/mol. The van der Waals surface area contributed by atoms with Crippen molar-refractivity contribution in [1.82, 2.24) is 5.32 Å². The van der Waals surface area contributed by atoms with E-state index < -0.39 is 0 Å². The third-order valence-corrected chi connectivity index (χ3v) is 4.91. The van der Waals surface area contributed by atoms with E-state index in [1.807, 2.05) is 42.5 Å². The molecule has 1 heterocycles. The highest BCUT2D eigenvalue weighted by atomic mass is 16.2. The number of nitrogens with zero attached hydrogens (tertiary/aromatic N) is 1. The van der Waals surface area contributed by atoms with Crippen molar-refractivity contribution in [2.45, 2.75) is 32.7 Å². The molecule has 1 aliphatic rings. The largest absolute Gasteiger partial charge is 0.380 e. The average Bonchev–Trinajstić information content (AvgIpc) is 3.11. The van der Waals surface area contributed by atoms with Crippen LogP contribution in [0, 0.1) is 5.92 Å². The van der Waals surface area contributed by atoms with Crippen LogP contribution in [0.2, 0.25) is 0 Å². The van der Waals surface area contributed by atoms with Crippen LogP contribution in [0.25, 0.3) is 0 Å². The summed E-state index contributed by atoms with van der Waals surface area (Å²) in [6.07, 6.45) is 1.45. The third kappa shape index (κ3) is 4.88. The fourth-order valence-corrected chi connectivity index (χ4v) is 3.24. The summed E-state index contributed by atoms with van der Waals surface area (Å²) in [6, 6.07) is 17.4. The van der Waals surface area contributed by atoms with Gasteiger partial charge >= 0.3 is 0 Å². The van der Waals surface area contributed by atoms with Gasteiger partial charge in [-0.25, -0.2) is 0 Å². The molecule has 3 rings (SSSR count). The van der Waals surface area contributed by atoms with Gasteiger partial charge in [-0.3, -0.25) is 9.59 Å². The molecule has 1 atom stereocenters. The molecule has 1 saturated heterocycles. The summed E-state index contributed by atoms with van der Waals surface area (Å²) in [5.41, 5.74) is 2.42. The number of nitrogens with one attached hydrogen (secondary N) is 2. The molecule has 0 radical (unpaired) electrons. The van der Waals surface area contributed by atoms with Crippen molar-refractivity contribution in [3.8, 4) is 0 Å². The monoisotopic (exact) mass is 365 g/mol. The van der Waals surface area contributed by atoms with Gasteiger partial charge in [-0.1, -0.05) is 38.1 Å². The lowest BCUT2D eigenvalue weighted by Gasteiger charge is -2.24. The molecule has 142 valence electrons. The number of carbonyl (C=O) groups is 2. The van der Waals surface area contributed by atoms with Crippen LogP contribution in [-0.4, -0.2) is 30.9 Å². The summed E-state index contributed by atoms with van der Waals surface area (Å²) in [7, 11) is 0. The van der Waals surface area contributed by atoms with E-state index in [4.69, 9.17) is 0 Å². The van der Waals surface area contributed by atoms with Crippen molar-refractivity contribution in [3.63, 3.8) is 0 Å². The van der Waals surface area contributed by atoms with Gasteiger partial charge in [0, 0.05) is 42.5 Å². The summed E-state index contributed by atoms with van der Waals surface area (Å²) >= 11 is 0. The summed E-state index contributed by atoms with van der Waals surface area (Å²) in [4.78, 5) is 26.3. The number of rotatable bonds is 7. The van der Waals surface area contributed by atoms with E-state index in [1.165, 1.54) is 0 Å². The fourth-order valence-electron chi connectivity index (χ4n) is 3.24. The molecule has 5 heteroatoms. The minimum Gasteiger partial charge on any atom is -0.380 e. The molecule has 5 nitrogen and oxygen atoms in total. The standard InChI is InChI=1S/C22H27N3O2/c1-16(2)20(24-18-9-4-3-5-10-18)15-23-22(27)17-8-6-11-19(14-17)25-13-7-12-21(25)26/h3-6,8-11,14,16,20,24H,7,12-13,15H2,1-2H3,(H,23,27). The lowest BCUT2D eigenvalue weighted by atomic mass is 10.0. The van der Waals surface area contributed by atoms with Crippen LogP contribution >= 0.6 is 0 Å². The second-order valence-corrected chi connectivity index (χ2v) is 7.27. The molecule has 2 aromatic rings. The van der Waals surface area contributed by atoms with Gasteiger partial charge in [0.2, 0.25) is 5.91 Å². The molecule has 27 heavy (non-hydrogen) atoms. The Kier molecular flexibility index (Phi) is 6.12. The first kappa shape index (κ1) is 19.0. The maximum absolute atomic E-state index is 12.6. The van der Waals surface area contributed by atoms with Crippen LogP contribution in [0.4, 0.5) is 11.4 Å². The minimum atomic E-state index is -0.121. The summed E-state index contributed by atoms with van der Waals surface area (Å²) in [5, 5.41) is 6.50. The van der Waals surface area contributed by atoms with Gasteiger partial charge in [-0.2, -0.15) is 0 Å². The van der Waals surface area contributed by atoms with E-state index in [2.05, 4.69) is 24.5 Å². The Morgan fingerprint density at radius 1 is 1.11 bits per heavy atom. The Balaban J connectivity index is 1.63. The zero-order valence-corrected chi connectivity index (χ0v) is 15.9. The van der Waals surface area contributed by atoms with E-state index in [0.717, 1.165) is 24.3 Å². The Hall–Kier alpha value is -2.82. The van der Waals surface area contributed by atoms with E-state index in [1.54, 1.807) is 17.0 Å². The molecule has 2 N–H and O–H groups in total. The molecule has 1 aliphatic heterocycles. The summed E-state index contributed by atoms with van der Waals surface area (Å²) in [5.74, 6) is 0.363. The van der Waals surface area contributed by atoms with E-state index >= 15 is 0 Å². The van der Waals surface area contributed by atoms with Crippen molar-refractivity contribution < 1.29 is 9.59 Å². The Bertz CT molecular complexity index is 789. The van der Waals surface area contributed by atoms with Crippen molar-refractivity contribution in [2.75, 3.05) is 23.3 Å². The molecule has 0 aromatic heterocycles. The molecule has 1 unspecified atom stereocenters. The van der Waals surface area contributed by atoms with E-state index in [0.29, 0.717) is 24.4 Å². The third-order valence-electron chi connectivity index (χ3n) is 4.91. The number of carbonyl (C=O) groups excluding carboxylic acids is 2. The van der Waals surface area contributed by atoms with Gasteiger partial charge in [-0.15, -0.1) is 0 Å². The van der Waals surface area contributed by atoms with Gasteiger partial charge in [0.25, 0.3) is 5.91 Å². The van der Waals surface area contributed by atoms with Crippen LogP contribution in [0.3, 0.4) is 0 Å². The van der Waals surface area contributed by atoms with Gasteiger partial charge < -0.3 is 15.5 Å². The van der Waals surface area contributed by atoms with Crippen LogP contribution in [0.15, 0.2) is 54.6 Å². The summed E-state index contributed by atoms with van der Waals surface area (Å²) < 4.78 is 0. The first-order chi connectivity index (χ1) is 13.0. The van der Waals surface area contributed by atoms with Crippen LogP contribution in [0.1, 0.15) is 37.0 Å². The van der Waals surface area contributed by atoms with E-state index in [-0.39, 0.29) is 17.9 Å². The predicted octanol–water partition coefficient (Wildman–Crippen LogP) is 3.68. The summed E-state index contributed by atoms with van der Waals surface area (Å²) in [6.45, 7) is 5.51. The normalized spacial score (nSPS) is 15.1. The lowest BCUT2D eigenvalue weighted by Crippen LogP contribution is -2.39. The van der Waals surface area contributed by atoms with Crippen LogP contribution < -0.4 is 15.5 Å². The quantitative estimate of drug-likeness (QED) is 0.787. The number of amides is 2. The molecule has 0 saturated carbocycles. The SMILES string of the molecule is CC(C)C(CNC(=O)c1cccc(N2CCCC2=O)c1)Nc1ccccc1. The minimum absolute atomic E-state index is 0.121. The van der Waals surface area contributed by atoms with Crippen molar-refractivity contribution in [2.24, 2.45) is 5.92 Å². The van der Waals surface area contributed by atoms with Crippen LogP contribution in [0.5, 0.6) is 0 Å². The molecule has 2 amide bonds. The van der Waals surface area contributed by atoms with Gasteiger partial charge in [0.1, 0.15) is 0 Å². The van der Waals surface area contributed by atoms with Crippen molar-refractivity contribution >= 4 is 23.2 Å². The molecule has 0 bridgehead atoms. The van der Waals surface area contributed by atoms with Crippen molar-refractivity contribution in [1.29, 1.82) is 0 Å². The highest BCUT2D eigenvalue weighted by Gasteiger charge is 2.22. The van der Waals surface area contributed by atoms with Gasteiger partial charge in [-0.05, 0) is 42.7 Å². The maximum atomic E-state index is 12.6. The fraction of sp³-hybridized carbons (Fsp3) is 0.364. The van der Waals surface area contributed by atoms with Gasteiger partial charge in [0.05, 0.1) is 0 Å². The van der Waals surface area contributed by atoms with Crippen molar-refractivity contribution in [3.05, 3.63) is 60.2 Å². The smallest absolute Gasteiger partial charge is 0.251 e. The topological polar surface area (TPSA) is 61.4 Å². The number of benzene rings is 2. The van der Waals surface area contributed by atoms with Crippen LogP contribution in [-0.2, 0) is 4.79 Å². The maximum Gasteiger partial charge on any atom is 0.251 e.